The zero-order chi connectivity index (χ0) is 16.0. The van der Waals surface area contributed by atoms with Crippen LogP contribution in [0, 0.1) is 6.92 Å². The number of ether oxygens (including phenoxy) is 1. The van der Waals surface area contributed by atoms with Crippen LogP contribution < -0.4 is 5.32 Å². The molecule has 0 saturated carbocycles. The lowest BCUT2D eigenvalue weighted by Gasteiger charge is -2.25. The molecule has 7 nitrogen and oxygen atoms in total. The van der Waals surface area contributed by atoms with E-state index in [9.17, 15) is 8.42 Å². The first-order valence-corrected chi connectivity index (χ1v) is 8.55. The van der Waals surface area contributed by atoms with Gasteiger partial charge in [0.25, 0.3) is 10.0 Å². The van der Waals surface area contributed by atoms with Crippen LogP contribution in [0.1, 0.15) is 32.0 Å². The molecule has 0 aliphatic rings. The predicted octanol–water partition coefficient (Wildman–Crippen LogP) is 0.873. The molecule has 0 bridgehead atoms. The normalized spacial score (nSPS) is 12.5. The first-order valence-electron chi connectivity index (χ1n) is 7.11. The lowest BCUT2D eigenvalue weighted by atomic mass is 10.2. The van der Waals surface area contributed by atoms with Crippen LogP contribution in [0.4, 0.5) is 0 Å². The van der Waals surface area contributed by atoms with E-state index in [0.717, 1.165) is 12.2 Å². The number of methoxy groups -OCH3 is 1. The van der Waals surface area contributed by atoms with Crippen LogP contribution in [-0.2, 0) is 21.3 Å². The van der Waals surface area contributed by atoms with Gasteiger partial charge in [-0.2, -0.15) is 9.40 Å². The van der Waals surface area contributed by atoms with Crippen molar-refractivity contribution in [3.63, 3.8) is 0 Å². The molecule has 1 aromatic rings. The number of aromatic amines is 1. The maximum absolute atomic E-state index is 12.8. The van der Waals surface area contributed by atoms with Gasteiger partial charge >= 0.3 is 0 Å². The molecule has 1 aromatic heterocycles. The van der Waals surface area contributed by atoms with Crippen molar-refractivity contribution in [1.29, 1.82) is 0 Å². The Kier molecular flexibility index (Phi) is 6.79. The minimum atomic E-state index is -3.64. The average Bonchev–Trinajstić information content (AvgIpc) is 2.78. The summed E-state index contributed by atoms with van der Waals surface area (Å²) in [5.74, 6) is 0. The van der Waals surface area contributed by atoms with Gasteiger partial charge in [-0.3, -0.25) is 5.10 Å². The number of hydrogen-bond donors (Lipinski definition) is 2. The summed E-state index contributed by atoms with van der Waals surface area (Å²) in [4.78, 5) is 0. The summed E-state index contributed by atoms with van der Waals surface area (Å²) in [5, 5.41) is 10.0. The van der Waals surface area contributed by atoms with Crippen molar-refractivity contribution >= 4 is 10.0 Å². The van der Waals surface area contributed by atoms with Gasteiger partial charge in [0.2, 0.25) is 0 Å². The fourth-order valence-electron chi connectivity index (χ4n) is 2.05. The van der Waals surface area contributed by atoms with E-state index < -0.39 is 10.0 Å². The highest BCUT2D eigenvalue weighted by Crippen LogP contribution is 2.22. The Labute approximate surface area is 127 Å². The number of rotatable bonds is 9. The SMILES string of the molecule is CCNCc1c(S(=O)(=O)N(CCOC)C(C)C)n[nH]c1C. The van der Waals surface area contributed by atoms with Gasteiger partial charge in [-0.1, -0.05) is 6.92 Å². The topological polar surface area (TPSA) is 87.3 Å². The van der Waals surface area contributed by atoms with Crippen LogP contribution in [0.15, 0.2) is 5.03 Å². The standard InChI is InChI=1S/C13H26N4O3S/c1-6-14-9-12-11(4)15-16-13(12)21(18,19)17(10(2)3)7-8-20-5/h10,14H,6-9H2,1-5H3,(H,15,16). The Bertz CT molecular complexity index is 540. The molecule has 122 valence electrons. The van der Waals surface area contributed by atoms with Crippen LogP contribution in [0.25, 0.3) is 0 Å². The highest BCUT2D eigenvalue weighted by molar-refractivity contribution is 7.89. The predicted molar refractivity (Wildman–Crippen MR) is 81.6 cm³/mol. The largest absolute Gasteiger partial charge is 0.383 e. The third-order valence-corrected chi connectivity index (χ3v) is 5.28. The molecule has 0 radical (unpaired) electrons. The smallest absolute Gasteiger partial charge is 0.263 e. The lowest BCUT2D eigenvalue weighted by Crippen LogP contribution is -2.40. The average molecular weight is 318 g/mol. The third kappa shape index (κ3) is 4.26. The molecule has 0 spiro atoms. The summed E-state index contributed by atoms with van der Waals surface area (Å²) >= 11 is 0. The van der Waals surface area contributed by atoms with Crippen LogP contribution in [0.5, 0.6) is 0 Å². The Hall–Kier alpha value is -0.960. The number of H-pyrrole nitrogens is 1. The maximum atomic E-state index is 12.8. The molecule has 8 heteroatoms. The molecule has 0 saturated heterocycles. The zero-order valence-corrected chi connectivity index (χ0v) is 14.2. The van der Waals surface area contributed by atoms with Crippen LogP contribution in [0.2, 0.25) is 0 Å². The van der Waals surface area contributed by atoms with Crippen molar-refractivity contribution in [2.24, 2.45) is 0 Å². The van der Waals surface area contributed by atoms with E-state index in [1.54, 1.807) is 7.11 Å². The molecular formula is C13H26N4O3S. The Morgan fingerprint density at radius 3 is 2.62 bits per heavy atom. The number of aryl methyl sites for hydroxylation is 1. The number of nitrogens with one attached hydrogen (secondary N) is 2. The van der Waals surface area contributed by atoms with E-state index >= 15 is 0 Å². The first-order chi connectivity index (χ1) is 9.86. The van der Waals surface area contributed by atoms with Crippen molar-refractivity contribution < 1.29 is 13.2 Å². The molecule has 0 aliphatic carbocycles. The Morgan fingerprint density at radius 1 is 1.43 bits per heavy atom. The molecule has 0 aliphatic heterocycles. The highest BCUT2D eigenvalue weighted by atomic mass is 32.2. The molecule has 2 N–H and O–H groups in total. The van der Waals surface area contributed by atoms with Crippen LogP contribution in [-0.4, -0.2) is 55.8 Å². The fourth-order valence-corrected chi connectivity index (χ4v) is 3.84. The van der Waals surface area contributed by atoms with E-state index in [-0.39, 0.29) is 11.1 Å². The van der Waals surface area contributed by atoms with E-state index in [4.69, 9.17) is 4.74 Å². The van der Waals surface area contributed by atoms with Crippen LogP contribution >= 0.6 is 0 Å². The summed E-state index contributed by atoms with van der Waals surface area (Å²) in [5.41, 5.74) is 1.46. The van der Waals surface area contributed by atoms with Crippen LogP contribution in [0.3, 0.4) is 0 Å². The summed E-state index contributed by atoms with van der Waals surface area (Å²) in [6, 6.07) is -0.158. The summed E-state index contributed by atoms with van der Waals surface area (Å²) < 4.78 is 32.1. The first kappa shape index (κ1) is 18.1. The summed E-state index contributed by atoms with van der Waals surface area (Å²) in [6.45, 7) is 9.39. The highest BCUT2D eigenvalue weighted by Gasteiger charge is 2.31. The van der Waals surface area contributed by atoms with E-state index in [0.29, 0.717) is 25.3 Å². The molecule has 0 aromatic carbocycles. The second-order valence-electron chi connectivity index (χ2n) is 5.11. The Morgan fingerprint density at radius 2 is 2.10 bits per heavy atom. The van der Waals surface area contributed by atoms with Gasteiger partial charge in [0.1, 0.15) is 0 Å². The summed E-state index contributed by atoms with van der Waals surface area (Å²) in [7, 11) is -2.09. The molecule has 0 unspecified atom stereocenters. The number of aromatic nitrogens is 2. The molecule has 21 heavy (non-hydrogen) atoms. The van der Waals surface area contributed by atoms with E-state index in [1.165, 1.54) is 4.31 Å². The zero-order valence-electron chi connectivity index (χ0n) is 13.4. The minimum absolute atomic E-state index is 0.103. The van der Waals surface area contributed by atoms with Gasteiger partial charge in [-0.25, -0.2) is 8.42 Å². The molecule has 1 heterocycles. The van der Waals surface area contributed by atoms with Crippen molar-refractivity contribution in [2.75, 3.05) is 26.8 Å². The fraction of sp³-hybridized carbons (Fsp3) is 0.769. The molecule has 0 fully saturated rings. The molecule has 0 atom stereocenters. The van der Waals surface area contributed by atoms with Gasteiger partial charge in [0, 0.05) is 37.5 Å². The third-order valence-electron chi connectivity index (χ3n) is 3.23. The summed E-state index contributed by atoms with van der Waals surface area (Å²) in [6.07, 6.45) is 0. The molecule has 1 rings (SSSR count). The van der Waals surface area contributed by atoms with Crippen molar-refractivity contribution in [1.82, 2.24) is 19.8 Å². The number of nitrogens with zero attached hydrogens (tertiary/aromatic N) is 2. The minimum Gasteiger partial charge on any atom is -0.383 e. The van der Waals surface area contributed by atoms with Gasteiger partial charge in [-0.15, -0.1) is 0 Å². The number of hydrogen-bond acceptors (Lipinski definition) is 5. The Balaban J connectivity index is 3.15. The van der Waals surface area contributed by atoms with Gasteiger partial charge < -0.3 is 10.1 Å². The van der Waals surface area contributed by atoms with Gasteiger partial charge in [0.15, 0.2) is 5.03 Å². The van der Waals surface area contributed by atoms with E-state index in [1.807, 2.05) is 27.7 Å². The maximum Gasteiger partial charge on any atom is 0.263 e. The second kappa shape index (κ2) is 7.88. The lowest BCUT2D eigenvalue weighted by molar-refractivity contribution is 0.170. The number of sulfonamides is 1. The van der Waals surface area contributed by atoms with Crippen molar-refractivity contribution in [2.45, 2.75) is 45.3 Å². The van der Waals surface area contributed by atoms with Crippen molar-refractivity contribution in [3.8, 4) is 0 Å². The molecular weight excluding hydrogens is 292 g/mol. The second-order valence-corrected chi connectivity index (χ2v) is 6.92. The van der Waals surface area contributed by atoms with Crippen molar-refractivity contribution in [3.05, 3.63) is 11.3 Å². The van der Waals surface area contributed by atoms with Gasteiger partial charge in [0.05, 0.1) is 6.61 Å². The molecule has 0 amide bonds. The van der Waals surface area contributed by atoms with Gasteiger partial charge in [-0.05, 0) is 27.3 Å². The monoisotopic (exact) mass is 318 g/mol. The van der Waals surface area contributed by atoms with E-state index in [2.05, 4.69) is 15.5 Å². The quantitative estimate of drug-likeness (QED) is 0.705.